The molecule has 1 heterocycles. The summed E-state index contributed by atoms with van der Waals surface area (Å²) < 4.78 is 0. The second kappa shape index (κ2) is 7.49. The number of hydrogen-bond donors (Lipinski definition) is 0. The predicted molar refractivity (Wildman–Crippen MR) is 122 cm³/mol. The SMILES string of the molecule is CN(C)N1C(=O)C2=CC3=C(c4ccccc4)C=CC(c4ccccc4)=C(C=C2C1=O)C3. The molecule has 3 aliphatic rings. The van der Waals surface area contributed by atoms with Crippen molar-refractivity contribution in [1.82, 2.24) is 10.0 Å². The Morgan fingerprint density at radius 2 is 1.10 bits per heavy atom. The maximum absolute atomic E-state index is 13.1. The molecule has 0 aromatic heterocycles. The van der Waals surface area contributed by atoms with Crippen LogP contribution in [-0.4, -0.2) is 35.9 Å². The summed E-state index contributed by atoms with van der Waals surface area (Å²) in [5, 5.41) is 2.75. The van der Waals surface area contributed by atoms with Gasteiger partial charge < -0.3 is 0 Å². The van der Waals surface area contributed by atoms with Crippen LogP contribution in [0.1, 0.15) is 17.5 Å². The third kappa shape index (κ3) is 3.22. The molecule has 2 bridgehead atoms. The minimum Gasteiger partial charge on any atom is -0.267 e. The van der Waals surface area contributed by atoms with Crippen LogP contribution < -0.4 is 0 Å². The van der Waals surface area contributed by atoms with Gasteiger partial charge in [0.15, 0.2) is 0 Å². The number of fused-ring (bicyclic) bond motifs is 3. The zero-order chi connectivity index (χ0) is 21.5. The topological polar surface area (TPSA) is 40.6 Å². The van der Waals surface area contributed by atoms with E-state index >= 15 is 0 Å². The number of rotatable bonds is 3. The van der Waals surface area contributed by atoms with Crippen LogP contribution in [0.3, 0.4) is 0 Å². The highest BCUT2D eigenvalue weighted by Crippen LogP contribution is 2.41. The second-order valence-electron chi connectivity index (χ2n) is 8.01. The summed E-state index contributed by atoms with van der Waals surface area (Å²) in [6.07, 6.45) is 8.71. The van der Waals surface area contributed by atoms with Gasteiger partial charge in [0, 0.05) is 14.1 Å². The summed E-state index contributed by atoms with van der Waals surface area (Å²) in [6, 6.07) is 20.3. The molecule has 0 saturated carbocycles. The van der Waals surface area contributed by atoms with Crippen molar-refractivity contribution in [3.05, 3.63) is 118 Å². The highest BCUT2D eigenvalue weighted by atomic mass is 16.2. The van der Waals surface area contributed by atoms with Gasteiger partial charge in [0.1, 0.15) is 0 Å². The number of carbonyl (C=O) groups excluding carboxylic acids is 2. The van der Waals surface area contributed by atoms with Crippen molar-refractivity contribution in [3.8, 4) is 0 Å². The summed E-state index contributed by atoms with van der Waals surface area (Å²) >= 11 is 0. The molecule has 4 nitrogen and oxygen atoms in total. The van der Waals surface area contributed by atoms with E-state index in [1.807, 2.05) is 48.6 Å². The number of hydrogen-bond acceptors (Lipinski definition) is 3. The molecule has 1 aliphatic heterocycles. The van der Waals surface area contributed by atoms with Crippen LogP contribution in [0.2, 0.25) is 0 Å². The third-order valence-electron chi connectivity index (χ3n) is 5.83. The van der Waals surface area contributed by atoms with Crippen molar-refractivity contribution in [2.75, 3.05) is 14.1 Å². The summed E-state index contributed by atoms with van der Waals surface area (Å²) in [5.41, 5.74) is 7.29. The van der Waals surface area contributed by atoms with Crippen LogP contribution in [0.15, 0.2) is 107 Å². The highest BCUT2D eigenvalue weighted by molar-refractivity contribution is 6.25. The molecule has 2 aromatic rings. The van der Waals surface area contributed by atoms with Crippen LogP contribution in [-0.2, 0) is 9.59 Å². The molecule has 2 aromatic carbocycles. The van der Waals surface area contributed by atoms with Crippen LogP contribution in [0.5, 0.6) is 0 Å². The predicted octanol–water partition coefficient (Wildman–Crippen LogP) is 4.57. The first kappa shape index (κ1) is 19.2. The van der Waals surface area contributed by atoms with Crippen LogP contribution in [0, 0.1) is 0 Å². The van der Waals surface area contributed by atoms with Crippen molar-refractivity contribution < 1.29 is 9.59 Å². The lowest BCUT2D eigenvalue weighted by atomic mass is 9.95. The molecule has 1 fully saturated rings. The van der Waals surface area contributed by atoms with E-state index in [1.165, 1.54) is 5.01 Å². The normalized spacial score (nSPS) is 18.2. The van der Waals surface area contributed by atoms with E-state index in [9.17, 15) is 9.59 Å². The zero-order valence-electron chi connectivity index (χ0n) is 17.5. The summed E-state index contributed by atoms with van der Waals surface area (Å²) in [6.45, 7) is 0. The highest BCUT2D eigenvalue weighted by Gasteiger charge is 2.41. The van der Waals surface area contributed by atoms with Crippen LogP contribution in [0.25, 0.3) is 11.1 Å². The first-order chi connectivity index (χ1) is 15.0. The number of hydrazine groups is 1. The summed E-state index contributed by atoms with van der Waals surface area (Å²) in [4.78, 5) is 26.2. The maximum Gasteiger partial charge on any atom is 0.276 e. The number of amides is 2. The van der Waals surface area contributed by atoms with Gasteiger partial charge in [0.05, 0.1) is 11.1 Å². The summed E-state index contributed by atoms with van der Waals surface area (Å²) in [7, 11) is 3.42. The van der Waals surface area contributed by atoms with Gasteiger partial charge in [-0.05, 0) is 52.0 Å². The molecule has 0 radical (unpaired) electrons. The van der Waals surface area contributed by atoms with E-state index in [0.717, 1.165) is 33.4 Å². The Bertz CT molecular complexity index is 1150. The lowest BCUT2D eigenvalue weighted by Crippen LogP contribution is -2.41. The van der Waals surface area contributed by atoms with E-state index in [1.54, 1.807) is 19.1 Å². The average molecular weight is 406 g/mol. The standard InChI is InChI=1S/C27H22N2O2/c1-28(2)29-26(30)24-16-20-15-21(17-25(24)27(29)31)23(19-11-7-4-8-12-19)14-13-22(20)18-9-5-3-6-10-18/h3-14,16-17H,15H2,1-2H3. The van der Waals surface area contributed by atoms with E-state index in [0.29, 0.717) is 17.6 Å². The fourth-order valence-electron chi connectivity index (χ4n) is 4.37. The van der Waals surface area contributed by atoms with Gasteiger partial charge in [-0.3, -0.25) is 9.59 Å². The molecule has 5 rings (SSSR count). The van der Waals surface area contributed by atoms with Gasteiger partial charge in [0.2, 0.25) is 0 Å². The Morgan fingerprint density at radius 1 is 0.677 bits per heavy atom. The smallest absolute Gasteiger partial charge is 0.267 e. The summed E-state index contributed by atoms with van der Waals surface area (Å²) in [5.74, 6) is -0.559. The number of imide groups is 1. The molecule has 0 N–H and O–H groups in total. The fourth-order valence-corrected chi connectivity index (χ4v) is 4.37. The Morgan fingerprint density at radius 3 is 1.48 bits per heavy atom. The lowest BCUT2D eigenvalue weighted by molar-refractivity contribution is -0.150. The molecule has 31 heavy (non-hydrogen) atoms. The van der Waals surface area contributed by atoms with Crippen LogP contribution >= 0.6 is 0 Å². The van der Waals surface area contributed by atoms with Crippen molar-refractivity contribution in [2.45, 2.75) is 6.42 Å². The lowest BCUT2D eigenvalue weighted by Gasteiger charge is -2.20. The van der Waals surface area contributed by atoms with E-state index < -0.39 is 0 Å². The number of benzene rings is 2. The molecule has 152 valence electrons. The molecular formula is C27H22N2O2. The van der Waals surface area contributed by atoms with E-state index in [-0.39, 0.29) is 11.8 Å². The van der Waals surface area contributed by atoms with Crippen LogP contribution in [0.4, 0.5) is 0 Å². The zero-order valence-corrected chi connectivity index (χ0v) is 17.5. The molecule has 2 aliphatic carbocycles. The minimum absolute atomic E-state index is 0.279. The van der Waals surface area contributed by atoms with Gasteiger partial charge >= 0.3 is 0 Å². The Kier molecular flexibility index (Phi) is 4.64. The van der Waals surface area contributed by atoms with Gasteiger partial charge in [-0.1, -0.05) is 72.8 Å². The largest absolute Gasteiger partial charge is 0.276 e. The average Bonchev–Trinajstić information content (AvgIpc) is 2.95. The first-order valence-corrected chi connectivity index (χ1v) is 10.3. The van der Waals surface area contributed by atoms with Gasteiger partial charge in [-0.15, -0.1) is 0 Å². The molecule has 0 atom stereocenters. The third-order valence-corrected chi connectivity index (χ3v) is 5.83. The van der Waals surface area contributed by atoms with Crippen molar-refractivity contribution in [3.63, 3.8) is 0 Å². The second-order valence-corrected chi connectivity index (χ2v) is 8.01. The molecule has 1 saturated heterocycles. The molecule has 2 amide bonds. The van der Waals surface area contributed by atoms with Gasteiger partial charge in [-0.25, -0.2) is 10.0 Å². The van der Waals surface area contributed by atoms with Gasteiger partial charge in [0.25, 0.3) is 11.8 Å². The van der Waals surface area contributed by atoms with Crippen molar-refractivity contribution in [2.24, 2.45) is 0 Å². The maximum atomic E-state index is 13.1. The first-order valence-electron chi connectivity index (χ1n) is 10.3. The Balaban J connectivity index is 1.78. The fraction of sp³-hybridized carbons (Fsp3) is 0.111. The number of carbonyl (C=O) groups is 2. The van der Waals surface area contributed by atoms with E-state index in [4.69, 9.17) is 0 Å². The van der Waals surface area contributed by atoms with Crippen molar-refractivity contribution >= 4 is 23.0 Å². The van der Waals surface area contributed by atoms with E-state index in [2.05, 4.69) is 36.4 Å². The Labute approximate surface area is 181 Å². The Hall–Kier alpha value is -3.76. The molecular weight excluding hydrogens is 384 g/mol. The molecule has 0 spiro atoms. The molecule has 4 heteroatoms. The van der Waals surface area contributed by atoms with Crippen molar-refractivity contribution in [1.29, 1.82) is 0 Å². The monoisotopic (exact) mass is 406 g/mol. The minimum atomic E-state index is -0.279. The quantitative estimate of drug-likeness (QED) is 0.702. The molecule has 0 unspecified atom stereocenters. The number of allylic oxidation sites excluding steroid dienone is 8. The number of nitrogens with zero attached hydrogens (tertiary/aromatic N) is 2. The van der Waals surface area contributed by atoms with Gasteiger partial charge in [-0.2, -0.15) is 0 Å².